The molecule has 0 aromatic heterocycles. The molecular weight excluding hydrogens is 468 g/mol. The normalized spacial score (nSPS) is 13.9. The fourth-order valence-electron chi connectivity index (χ4n) is 4.31. The summed E-state index contributed by atoms with van der Waals surface area (Å²) in [6, 6.07) is 22.6. The Labute approximate surface area is 215 Å². The second kappa shape index (κ2) is 10.1. The van der Waals surface area contributed by atoms with E-state index < -0.39 is 10.0 Å². The van der Waals surface area contributed by atoms with Gasteiger partial charge in [0, 0.05) is 12.6 Å². The van der Waals surface area contributed by atoms with Gasteiger partial charge in [0.25, 0.3) is 10.0 Å². The highest BCUT2D eigenvalue weighted by Crippen LogP contribution is 2.31. The summed E-state index contributed by atoms with van der Waals surface area (Å²) in [4.78, 5) is 15.7. The third kappa shape index (κ3) is 5.98. The van der Waals surface area contributed by atoms with Crippen molar-refractivity contribution in [1.29, 1.82) is 0 Å². The van der Waals surface area contributed by atoms with Gasteiger partial charge in [0.2, 0.25) is 5.91 Å². The first-order valence-corrected chi connectivity index (χ1v) is 13.9. The summed E-state index contributed by atoms with van der Waals surface area (Å²) in [5.41, 5.74) is 4.67. The average molecular weight is 505 g/mol. The minimum absolute atomic E-state index is 0.0878. The van der Waals surface area contributed by atoms with E-state index in [0.717, 1.165) is 35.1 Å². The minimum Gasteiger partial charge on any atom is -0.334 e. The van der Waals surface area contributed by atoms with Crippen molar-refractivity contribution in [1.82, 2.24) is 4.90 Å². The van der Waals surface area contributed by atoms with Gasteiger partial charge in [0.1, 0.15) is 6.54 Å². The summed E-state index contributed by atoms with van der Waals surface area (Å²) in [7, 11) is -3.96. The van der Waals surface area contributed by atoms with Crippen molar-refractivity contribution >= 4 is 21.6 Å². The van der Waals surface area contributed by atoms with E-state index in [1.165, 1.54) is 4.31 Å². The molecule has 4 rings (SSSR count). The van der Waals surface area contributed by atoms with E-state index in [1.807, 2.05) is 61.2 Å². The number of aryl methyl sites for hydroxylation is 2. The number of nitrogens with zero attached hydrogens (tertiary/aromatic N) is 2. The van der Waals surface area contributed by atoms with Gasteiger partial charge in [0.15, 0.2) is 0 Å². The first-order chi connectivity index (χ1) is 16.9. The number of anilines is 1. The maximum Gasteiger partial charge on any atom is 0.264 e. The van der Waals surface area contributed by atoms with Gasteiger partial charge in [-0.15, -0.1) is 0 Å². The summed E-state index contributed by atoms with van der Waals surface area (Å²) in [5, 5.41) is 0. The Balaban J connectivity index is 1.66. The molecule has 1 aliphatic carbocycles. The first-order valence-electron chi connectivity index (χ1n) is 12.5. The molecule has 36 heavy (non-hydrogen) atoms. The third-order valence-electron chi connectivity index (χ3n) is 6.65. The van der Waals surface area contributed by atoms with Crippen molar-refractivity contribution in [3.63, 3.8) is 0 Å². The van der Waals surface area contributed by atoms with Crippen molar-refractivity contribution in [3.05, 3.63) is 95.1 Å². The van der Waals surface area contributed by atoms with Crippen LogP contribution in [0.2, 0.25) is 0 Å². The smallest absolute Gasteiger partial charge is 0.264 e. The molecular formula is C30H36N2O3S. The number of rotatable bonds is 8. The second-order valence-corrected chi connectivity index (χ2v) is 12.7. The lowest BCUT2D eigenvalue weighted by atomic mass is 9.87. The van der Waals surface area contributed by atoms with Crippen LogP contribution in [0, 0.1) is 13.8 Å². The largest absolute Gasteiger partial charge is 0.334 e. The van der Waals surface area contributed by atoms with E-state index in [0.29, 0.717) is 12.2 Å². The van der Waals surface area contributed by atoms with Crippen LogP contribution in [0.15, 0.2) is 77.7 Å². The summed E-state index contributed by atoms with van der Waals surface area (Å²) in [6.45, 7) is 10.5. The lowest BCUT2D eigenvalue weighted by molar-refractivity contribution is -0.130. The summed E-state index contributed by atoms with van der Waals surface area (Å²) in [6.07, 6.45) is 1.90. The Morgan fingerprint density at radius 1 is 0.889 bits per heavy atom. The van der Waals surface area contributed by atoms with Crippen LogP contribution in [-0.4, -0.2) is 31.8 Å². The molecule has 0 spiro atoms. The molecule has 1 amide bonds. The zero-order chi connectivity index (χ0) is 26.1. The minimum atomic E-state index is -3.96. The van der Waals surface area contributed by atoms with Gasteiger partial charge in [-0.25, -0.2) is 8.42 Å². The Kier molecular flexibility index (Phi) is 7.28. The van der Waals surface area contributed by atoms with Gasteiger partial charge in [-0.05, 0) is 67.5 Å². The Morgan fingerprint density at radius 2 is 1.53 bits per heavy atom. The van der Waals surface area contributed by atoms with E-state index in [-0.39, 0.29) is 28.8 Å². The molecule has 3 aromatic rings. The molecule has 0 N–H and O–H groups in total. The number of hydrogen-bond acceptors (Lipinski definition) is 3. The topological polar surface area (TPSA) is 57.7 Å². The molecule has 0 radical (unpaired) electrons. The first kappa shape index (κ1) is 26.0. The fraction of sp³-hybridized carbons (Fsp3) is 0.367. The van der Waals surface area contributed by atoms with E-state index in [9.17, 15) is 13.2 Å². The van der Waals surface area contributed by atoms with Gasteiger partial charge < -0.3 is 4.90 Å². The molecule has 0 saturated heterocycles. The maximum absolute atomic E-state index is 13.9. The van der Waals surface area contributed by atoms with E-state index in [4.69, 9.17) is 0 Å². The van der Waals surface area contributed by atoms with Gasteiger partial charge in [-0.1, -0.05) is 80.4 Å². The molecule has 1 aliphatic rings. The van der Waals surface area contributed by atoms with E-state index in [1.54, 1.807) is 24.3 Å². The van der Waals surface area contributed by atoms with Crippen molar-refractivity contribution in [3.8, 4) is 0 Å². The summed E-state index contributed by atoms with van der Waals surface area (Å²) in [5.74, 6) is -0.186. The SMILES string of the molecule is Cc1ccc(N(CC(=O)N(Cc2cccc(C)c2)C2CC2)S(=O)(=O)c2ccc(C(C)(C)C)cc2)cc1. The number of amides is 1. The van der Waals surface area contributed by atoms with Gasteiger partial charge >= 0.3 is 0 Å². The Morgan fingerprint density at radius 3 is 2.08 bits per heavy atom. The lowest BCUT2D eigenvalue weighted by Crippen LogP contribution is -2.43. The van der Waals surface area contributed by atoms with Gasteiger partial charge in [-0.2, -0.15) is 0 Å². The fourth-order valence-corrected chi connectivity index (χ4v) is 5.72. The van der Waals surface area contributed by atoms with Crippen LogP contribution in [0.1, 0.15) is 55.9 Å². The Hall–Kier alpha value is -3.12. The molecule has 5 nitrogen and oxygen atoms in total. The monoisotopic (exact) mass is 504 g/mol. The molecule has 1 saturated carbocycles. The van der Waals surface area contributed by atoms with Crippen LogP contribution < -0.4 is 4.31 Å². The summed E-state index contributed by atoms with van der Waals surface area (Å²) < 4.78 is 29.0. The zero-order valence-electron chi connectivity index (χ0n) is 21.9. The quantitative estimate of drug-likeness (QED) is 0.379. The molecule has 6 heteroatoms. The molecule has 0 atom stereocenters. The highest BCUT2D eigenvalue weighted by Gasteiger charge is 2.35. The van der Waals surface area contributed by atoms with Gasteiger partial charge in [0.05, 0.1) is 10.6 Å². The molecule has 3 aromatic carbocycles. The second-order valence-electron chi connectivity index (χ2n) is 10.9. The van der Waals surface area contributed by atoms with Gasteiger partial charge in [-0.3, -0.25) is 9.10 Å². The number of carbonyl (C=O) groups is 1. The number of carbonyl (C=O) groups excluding carboxylic acids is 1. The molecule has 0 heterocycles. The van der Waals surface area contributed by atoms with Crippen LogP contribution in [0.4, 0.5) is 5.69 Å². The van der Waals surface area contributed by atoms with E-state index in [2.05, 4.69) is 26.8 Å². The summed E-state index contributed by atoms with van der Waals surface area (Å²) >= 11 is 0. The van der Waals surface area contributed by atoms with Crippen molar-refractivity contribution in [2.24, 2.45) is 0 Å². The van der Waals surface area contributed by atoms with Crippen molar-refractivity contribution in [2.75, 3.05) is 10.8 Å². The highest BCUT2D eigenvalue weighted by molar-refractivity contribution is 7.92. The zero-order valence-corrected chi connectivity index (χ0v) is 22.7. The van der Waals surface area contributed by atoms with Crippen LogP contribution in [0.5, 0.6) is 0 Å². The van der Waals surface area contributed by atoms with Crippen LogP contribution in [0.3, 0.4) is 0 Å². The van der Waals surface area contributed by atoms with Crippen molar-refractivity contribution in [2.45, 2.75) is 70.4 Å². The van der Waals surface area contributed by atoms with Crippen molar-refractivity contribution < 1.29 is 13.2 Å². The maximum atomic E-state index is 13.9. The van der Waals surface area contributed by atoms with E-state index >= 15 is 0 Å². The molecule has 0 aliphatic heterocycles. The van der Waals surface area contributed by atoms with Crippen LogP contribution in [-0.2, 0) is 26.8 Å². The molecule has 0 bridgehead atoms. The Bertz CT molecular complexity index is 1320. The average Bonchev–Trinajstić information content (AvgIpc) is 3.66. The lowest BCUT2D eigenvalue weighted by Gasteiger charge is -2.29. The number of hydrogen-bond donors (Lipinski definition) is 0. The number of benzene rings is 3. The third-order valence-corrected chi connectivity index (χ3v) is 8.44. The van der Waals surface area contributed by atoms with Crippen LogP contribution >= 0.6 is 0 Å². The standard InChI is InChI=1S/C30H36N2O3S/c1-22-9-13-27(14-10-22)32(36(34,35)28-17-11-25(12-18-28)30(3,4)5)21-29(33)31(26-15-16-26)20-24-8-6-7-23(2)19-24/h6-14,17-19,26H,15-16,20-21H2,1-5H3. The molecule has 0 unspecified atom stereocenters. The highest BCUT2D eigenvalue weighted by atomic mass is 32.2. The van der Waals surface area contributed by atoms with Crippen LogP contribution in [0.25, 0.3) is 0 Å². The molecule has 1 fully saturated rings. The predicted octanol–water partition coefficient (Wildman–Crippen LogP) is 5.99. The number of sulfonamides is 1. The molecule has 190 valence electrons. The predicted molar refractivity (Wildman–Crippen MR) is 146 cm³/mol.